The summed E-state index contributed by atoms with van der Waals surface area (Å²) in [5.74, 6) is 2.92. The molecule has 1 N–H and O–H groups in total. The average Bonchev–Trinajstić information content (AvgIpc) is 2.69. The molecule has 148 valence electrons. The van der Waals surface area contributed by atoms with E-state index in [1.165, 1.54) is 10.8 Å². The summed E-state index contributed by atoms with van der Waals surface area (Å²) < 4.78 is 23.7. The number of aryl methyl sites for hydroxylation is 1. The number of halogens is 1. The Morgan fingerprint density at radius 2 is 2.29 bits per heavy atom. The van der Waals surface area contributed by atoms with E-state index in [1.54, 1.807) is 25.3 Å². The van der Waals surface area contributed by atoms with Crippen LogP contribution in [-0.2, 0) is 26.9 Å². The smallest absolute Gasteiger partial charge is 0.397 e. The van der Waals surface area contributed by atoms with E-state index in [0.29, 0.717) is 30.3 Å². The Balaban J connectivity index is 1.54. The molecule has 1 aromatic carbocycles. The molecule has 10 heteroatoms. The van der Waals surface area contributed by atoms with Crippen molar-refractivity contribution in [1.82, 2.24) is 9.55 Å². The maximum atomic E-state index is 11.9. The second-order valence-electron chi connectivity index (χ2n) is 5.92. The first-order chi connectivity index (χ1) is 13.5. The molecule has 0 aliphatic carbocycles. The number of aromatic nitrogens is 2. The van der Waals surface area contributed by atoms with Crippen molar-refractivity contribution in [2.24, 2.45) is 0 Å². The predicted molar refractivity (Wildman–Crippen MR) is 104 cm³/mol. The van der Waals surface area contributed by atoms with Crippen LogP contribution in [0.15, 0.2) is 34.0 Å². The van der Waals surface area contributed by atoms with Gasteiger partial charge in [0.05, 0.1) is 19.3 Å². The quantitative estimate of drug-likeness (QED) is 0.542. The van der Waals surface area contributed by atoms with Crippen LogP contribution in [0.1, 0.15) is 17.5 Å². The lowest BCUT2D eigenvalue weighted by Gasteiger charge is -2.25. The summed E-state index contributed by atoms with van der Waals surface area (Å²) in [6, 6.07) is 5.30. The highest BCUT2D eigenvalue weighted by Gasteiger charge is 2.24. The van der Waals surface area contributed by atoms with Crippen molar-refractivity contribution in [1.29, 1.82) is 0 Å². The second kappa shape index (κ2) is 9.37. The molecule has 2 heterocycles. The molecule has 0 fully saturated rings. The van der Waals surface area contributed by atoms with Crippen LogP contribution in [-0.4, -0.2) is 29.4 Å². The number of benzene rings is 1. The van der Waals surface area contributed by atoms with Gasteiger partial charge in [-0.1, -0.05) is 17.5 Å². The van der Waals surface area contributed by atoms with Crippen molar-refractivity contribution in [3.05, 3.63) is 61.4 Å². The van der Waals surface area contributed by atoms with Gasteiger partial charge in [0.2, 0.25) is 0 Å². The zero-order valence-electron chi connectivity index (χ0n) is 15.0. The monoisotopic (exact) mass is 424 g/mol. The fourth-order valence-corrected chi connectivity index (χ4v) is 3.76. The molecule has 0 amide bonds. The molecule has 1 aliphatic heterocycles. The van der Waals surface area contributed by atoms with Crippen molar-refractivity contribution in [2.45, 2.75) is 25.7 Å². The molecule has 0 saturated heterocycles. The molecular formula is C18H18ClN2O6P. The molecule has 0 spiro atoms. The van der Waals surface area contributed by atoms with Crippen molar-refractivity contribution in [3.63, 3.8) is 0 Å². The van der Waals surface area contributed by atoms with E-state index in [4.69, 9.17) is 36.3 Å². The van der Waals surface area contributed by atoms with E-state index < -0.39 is 19.9 Å². The summed E-state index contributed by atoms with van der Waals surface area (Å²) in [6.45, 7) is 0.860. The third-order valence-electron chi connectivity index (χ3n) is 4.08. The number of terminal acetylenes is 1. The van der Waals surface area contributed by atoms with Crippen molar-refractivity contribution in [3.8, 4) is 18.1 Å². The molecular weight excluding hydrogens is 407 g/mol. The number of aromatic amines is 1. The third kappa shape index (κ3) is 5.02. The number of hydrogen-bond acceptors (Lipinski definition) is 6. The highest BCUT2D eigenvalue weighted by atomic mass is 35.5. The van der Waals surface area contributed by atoms with Gasteiger partial charge in [0.1, 0.15) is 11.3 Å². The summed E-state index contributed by atoms with van der Waals surface area (Å²) in [7, 11) is -0.00984. The van der Waals surface area contributed by atoms with Gasteiger partial charge in [-0.15, -0.1) is 6.42 Å². The van der Waals surface area contributed by atoms with Crippen LogP contribution >= 0.6 is 20.2 Å². The molecule has 1 aliphatic rings. The minimum Gasteiger partial charge on any atom is -0.426 e. The number of fused-ring (bicyclic) bond motifs is 1. The largest absolute Gasteiger partial charge is 0.426 e. The SMILES string of the molecule is C#Cc1cn(CCC(COP2OCc3cc(Cl)ccc3O2)OC)c(=O)[nH]c1=O. The Morgan fingerprint density at radius 3 is 3.04 bits per heavy atom. The number of ether oxygens (including phenoxy) is 1. The second-order valence-corrected chi connectivity index (χ2v) is 7.50. The summed E-state index contributed by atoms with van der Waals surface area (Å²) in [5, 5.41) is 0.614. The Morgan fingerprint density at radius 1 is 1.46 bits per heavy atom. The number of rotatable bonds is 7. The standard InChI is InChI=1S/C18H18ClN2O6P/c1-3-12-9-21(18(23)20-17(12)22)7-6-15(24-2)11-26-28-25-10-13-8-14(19)4-5-16(13)27-28/h1,4-5,8-9,15H,6-7,10-11H2,2H3,(H,20,22,23). The highest BCUT2D eigenvalue weighted by molar-refractivity contribution is 7.42. The molecule has 3 rings (SSSR count). The number of hydrogen-bond donors (Lipinski definition) is 1. The zero-order chi connectivity index (χ0) is 20.1. The van der Waals surface area contributed by atoms with Crippen LogP contribution in [0.4, 0.5) is 0 Å². The molecule has 2 unspecified atom stereocenters. The van der Waals surface area contributed by atoms with E-state index in [-0.39, 0.29) is 18.3 Å². The van der Waals surface area contributed by atoms with Gasteiger partial charge in [-0.25, -0.2) is 4.79 Å². The minimum absolute atomic E-state index is 0.0936. The number of H-pyrrole nitrogens is 1. The average molecular weight is 425 g/mol. The molecule has 8 nitrogen and oxygen atoms in total. The van der Waals surface area contributed by atoms with Crippen LogP contribution in [0.5, 0.6) is 5.75 Å². The minimum atomic E-state index is -1.56. The zero-order valence-corrected chi connectivity index (χ0v) is 16.7. The van der Waals surface area contributed by atoms with E-state index in [1.807, 2.05) is 0 Å². The number of nitrogens with one attached hydrogen (secondary N) is 1. The Kier molecular flexibility index (Phi) is 6.89. The lowest BCUT2D eigenvalue weighted by molar-refractivity contribution is 0.0399. The van der Waals surface area contributed by atoms with Gasteiger partial charge >= 0.3 is 14.3 Å². The van der Waals surface area contributed by atoms with Gasteiger partial charge in [0.25, 0.3) is 5.56 Å². The molecule has 1 aromatic heterocycles. The van der Waals surface area contributed by atoms with Crippen molar-refractivity contribution in [2.75, 3.05) is 13.7 Å². The first-order valence-corrected chi connectivity index (χ1v) is 9.83. The van der Waals surface area contributed by atoms with Crippen molar-refractivity contribution < 1.29 is 18.3 Å². The third-order valence-corrected chi connectivity index (χ3v) is 5.36. The van der Waals surface area contributed by atoms with Gasteiger partial charge in [-0.3, -0.25) is 23.4 Å². The Hall–Kier alpha value is -2.14. The summed E-state index contributed by atoms with van der Waals surface area (Å²) >= 11 is 5.95. The maximum Gasteiger partial charge on any atom is 0.397 e. The van der Waals surface area contributed by atoms with E-state index in [0.717, 1.165) is 5.56 Å². The normalized spacial score (nSPS) is 16.7. The topological polar surface area (TPSA) is 91.8 Å². The van der Waals surface area contributed by atoms with Crippen LogP contribution in [0.3, 0.4) is 0 Å². The number of nitrogens with zero attached hydrogens (tertiary/aromatic N) is 1. The van der Waals surface area contributed by atoms with Crippen LogP contribution in [0, 0.1) is 12.3 Å². The van der Waals surface area contributed by atoms with Crippen LogP contribution in [0.25, 0.3) is 0 Å². The predicted octanol–water partition coefficient (Wildman–Crippen LogP) is 2.43. The Labute approximate surface area is 167 Å². The van der Waals surface area contributed by atoms with Crippen LogP contribution < -0.4 is 15.8 Å². The summed E-state index contributed by atoms with van der Waals surface area (Å²) in [6.07, 6.45) is 6.77. The number of methoxy groups -OCH3 is 1. The maximum absolute atomic E-state index is 11.9. The van der Waals surface area contributed by atoms with Crippen LogP contribution in [0.2, 0.25) is 5.02 Å². The lowest BCUT2D eigenvalue weighted by atomic mass is 10.2. The highest BCUT2D eigenvalue weighted by Crippen LogP contribution is 2.47. The fourth-order valence-electron chi connectivity index (χ4n) is 2.52. The van der Waals surface area contributed by atoms with Crippen molar-refractivity contribution >= 4 is 20.2 Å². The fraction of sp³-hybridized carbons (Fsp3) is 0.333. The van der Waals surface area contributed by atoms with Gasteiger partial charge in [-0.05, 0) is 24.6 Å². The molecule has 2 aromatic rings. The van der Waals surface area contributed by atoms with E-state index in [2.05, 4.69) is 10.9 Å². The summed E-state index contributed by atoms with van der Waals surface area (Å²) in [4.78, 5) is 25.6. The van der Waals surface area contributed by atoms with Gasteiger partial charge in [0.15, 0.2) is 0 Å². The molecule has 0 bridgehead atoms. The van der Waals surface area contributed by atoms with Gasteiger partial charge in [-0.2, -0.15) is 0 Å². The first kappa shape index (κ1) is 20.6. The van der Waals surface area contributed by atoms with E-state index in [9.17, 15) is 9.59 Å². The molecule has 0 radical (unpaired) electrons. The van der Waals surface area contributed by atoms with Gasteiger partial charge in [0, 0.05) is 30.4 Å². The summed E-state index contributed by atoms with van der Waals surface area (Å²) in [5.41, 5.74) is -0.152. The lowest BCUT2D eigenvalue weighted by Crippen LogP contribution is -2.32. The van der Waals surface area contributed by atoms with E-state index >= 15 is 0 Å². The Bertz CT molecular complexity index is 999. The molecule has 28 heavy (non-hydrogen) atoms. The first-order valence-electron chi connectivity index (χ1n) is 8.35. The van der Waals surface area contributed by atoms with Gasteiger partial charge < -0.3 is 9.26 Å². The molecule has 2 atom stereocenters. The molecule has 0 saturated carbocycles.